The fourth-order valence-corrected chi connectivity index (χ4v) is 3.55. The number of benzene rings is 2. The fourth-order valence-electron chi connectivity index (χ4n) is 3.55. The molecule has 0 aliphatic carbocycles. The van der Waals surface area contributed by atoms with Crippen molar-refractivity contribution in [2.45, 2.75) is 53.5 Å². The third-order valence-electron chi connectivity index (χ3n) is 5.52. The predicted molar refractivity (Wildman–Crippen MR) is 123 cm³/mol. The molecule has 172 valence electrons. The molecule has 5 nitrogen and oxygen atoms in total. The van der Waals surface area contributed by atoms with Crippen molar-refractivity contribution in [3.63, 3.8) is 0 Å². The van der Waals surface area contributed by atoms with E-state index in [0.717, 1.165) is 22.1 Å². The van der Waals surface area contributed by atoms with Crippen molar-refractivity contribution in [3.8, 4) is 17.4 Å². The maximum absolute atomic E-state index is 10.3. The molecule has 1 aliphatic rings. The van der Waals surface area contributed by atoms with Gasteiger partial charge in [0.15, 0.2) is 0 Å². The molecule has 0 saturated carbocycles. The van der Waals surface area contributed by atoms with Crippen molar-refractivity contribution in [2.75, 3.05) is 6.61 Å². The van der Waals surface area contributed by atoms with E-state index >= 15 is 0 Å². The van der Waals surface area contributed by atoms with Crippen molar-refractivity contribution in [1.82, 2.24) is 4.98 Å². The molecular weight excluding hydrogens is 583 g/mol. The van der Waals surface area contributed by atoms with Crippen LogP contribution in [0.4, 0.5) is 0 Å². The molecule has 1 aromatic heterocycles. The Morgan fingerprint density at radius 1 is 1.16 bits per heavy atom. The first kappa shape index (κ1) is 24.3. The van der Waals surface area contributed by atoms with Gasteiger partial charge in [-0.15, -0.1) is 11.6 Å². The largest absolute Gasteiger partial charge is 0.518 e. The van der Waals surface area contributed by atoms with Crippen LogP contribution in [0.3, 0.4) is 0 Å². The third-order valence-corrected chi connectivity index (χ3v) is 5.52. The normalized spacial score (nSPS) is 16.0. The molecule has 3 aromatic rings. The summed E-state index contributed by atoms with van der Waals surface area (Å²) in [5.41, 5.74) is 3.42. The smallest absolute Gasteiger partial charge is 0.217 e. The molecule has 1 N–H and O–H groups in total. The van der Waals surface area contributed by atoms with E-state index in [0.29, 0.717) is 35.6 Å². The Morgan fingerprint density at radius 3 is 2.56 bits per heavy atom. The second-order valence-corrected chi connectivity index (χ2v) is 9.58. The number of aromatic nitrogens is 1. The number of ether oxygens (including phenoxy) is 2. The number of phenols is 1. The number of pyridine rings is 1. The number of hydrogen-bond donors (Lipinski definition) is 1. The zero-order valence-electron chi connectivity index (χ0n) is 19.3. The Morgan fingerprint density at radius 2 is 1.91 bits per heavy atom. The van der Waals surface area contributed by atoms with Gasteiger partial charge in [-0.05, 0) is 42.0 Å². The number of aliphatic imine (C=N–C) groups is 1. The van der Waals surface area contributed by atoms with Crippen LogP contribution in [0.1, 0.15) is 57.2 Å². The summed E-state index contributed by atoms with van der Waals surface area (Å²) in [4.78, 5) is 9.30. The van der Waals surface area contributed by atoms with Gasteiger partial charge in [-0.25, -0.2) is 4.98 Å². The summed E-state index contributed by atoms with van der Waals surface area (Å²) in [5, 5.41) is 11.1. The Kier molecular flexibility index (Phi) is 7.00. The molecule has 0 radical (unpaired) electrons. The van der Waals surface area contributed by atoms with Gasteiger partial charge in [-0.2, -0.15) is 0 Å². The van der Waals surface area contributed by atoms with Gasteiger partial charge in [-0.3, -0.25) is 4.99 Å². The molecule has 0 fully saturated rings. The van der Waals surface area contributed by atoms with Crippen LogP contribution in [0.15, 0.2) is 41.4 Å². The topological polar surface area (TPSA) is 63.9 Å². The first-order valence-corrected chi connectivity index (χ1v) is 10.7. The van der Waals surface area contributed by atoms with E-state index in [1.165, 1.54) is 0 Å². The van der Waals surface area contributed by atoms with Crippen LogP contribution in [0.2, 0.25) is 0 Å². The molecule has 0 spiro atoms. The van der Waals surface area contributed by atoms with Gasteiger partial charge in [-0.1, -0.05) is 52.3 Å². The summed E-state index contributed by atoms with van der Waals surface area (Å²) in [6, 6.07) is 14.8. The van der Waals surface area contributed by atoms with Crippen LogP contribution in [0, 0.1) is 18.4 Å². The molecule has 32 heavy (non-hydrogen) atoms. The molecular formula is C26H29N2O3Pt-. The standard InChI is InChI=1S/C26H29N2O3.Pt/c1-15(2)18-11-19(25-27-22(14-30-25)26(4,5)6)13-20(12-18)31-23-8-7-17-9-16(3)10-21(29)24(17)28-23;/h7-12,15,22,29H,14H2,1-6H3;/q-1;/t22-;/m1./s1. The number of hydrogen-bond acceptors (Lipinski definition) is 5. The van der Waals surface area contributed by atoms with Gasteiger partial charge >= 0.3 is 0 Å². The van der Waals surface area contributed by atoms with E-state index in [9.17, 15) is 5.11 Å². The van der Waals surface area contributed by atoms with Gasteiger partial charge in [0.1, 0.15) is 17.2 Å². The summed E-state index contributed by atoms with van der Waals surface area (Å²) in [6.07, 6.45) is 0. The second-order valence-electron chi connectivity index (χ2n) is 9.58. The Labute approximate surface area is 204 Å². The summed E-state index contributed by atoms with van der Waals surface area (Å²) < 4.78 is 12.0. The summed E-state index contributed by atoms with van der Waals surface area (Å²) in [7, 11) is 0. The molecule has 1 atom stereocenters. The summed E-state index contributed by atoms with van der Waals surface area (Å²) in [6.45, 7) is 13.3. The number of rotatable bonds is 4. The van der Waals surface area contributed by atoms with E-state index in [2.05, 4.69) is 51.7 Å². The van der Waals surface area contributed by atoms with Crippen LogP contribution in [0.5, 0.6) is 17.4 Å². The minimum Gasteiger partial charge on any atom is -0.518 e. The first-order valence-electron chi connectivity index (χ1n) is 10.7. The van der Waals surface area contributed by atoms with Crippen LogP contribution in [-0.2, 0) is 25.8 Å². The number of phenolic OH excluding ortho intramolecular Hbond substituents is 1. The molecule has 0 unspecified atom stereocenters. The second kappa shape index (κ2) is 9.23. The molecule has 0 amide bonds. The van der Waals surface area contributed by atoms with Crippen molar-refractivity contribution in [2.24, 2.45) is 10.4 Å². The van der Waals surface area contributed by atoms with Crippen molar-refractivity contribution < 1.29 is 35.6 Å². The van der Waals surface area contributed by atoms with Crippen LogP contribution in [0.25, 0.3) is 10.9 Å². The van der Waals surface area contributed by atoms with E-state index in [1.54, 1.807) is 12.1 Å². The average Bonchev–Trinajstić information content (AvgIpc) is 3.19. The van der Waals surface area contributed by atoms with Gasteiger partial charge in [0.25, 0.3) is 0 Å². The van der Waals surface area contributed by atoms with Crippen LogP contribution in [-0.4, -0.2) is 28.6 Å². The van der Waals surface area contributed by atoms with E-state index < -0.39 is 0 Å². The molecule has 2 aromatic carbocycles. The van der Waals surface area contributed by atoms with E-state index in [-0.39, 0.29) is 38.3 Å². The predicted octanol–water partition coefficient (Wildman–Crippen LogP) is 6.15. The Hall–Kier alpha value is -2.39. The first-order chi connectivity index (χ1) is 14.6. The fraction of sp³-hybridized carbons (Fsp3) is 0.385. The number of nitrogens with zero attached hydrogens (tertiary/aromatic N) is 2. The molecule has 0 bridgehead atoms. The molecule has 0 saturated heterocycles. The monoisotopic (exact) mass is 612 g/mol. The summed E-state index contributed by atoms with van der Waals surface area (Å²) in [5.74, 6) is 1.99. The van der Waals surface area contributed by atoms with Gasteiger partial charge < -0.3 is 14.6 Å². The summed E-state index contributed by atoms with van der Waals surface area (Å²) >= 11 is 0. The zero-order chi connectivity index (χ0) is 22.3. The number of aromatic hydroxyl groups is 1. The Balaban J connectivity index is 0.00000289. The number of aryl methyl sites for hydroxylation is 1. The van der Waals surface area contributed by atoms with Crippen LogP contribution >= 0.6 is 0 Å². The maximum atomic E-state index is 10.3. The Bertz CT molecular complexity index is 1170. The van der Waals surface area contributed by atoms with E-state index in [1.807, 2.05) is 25.1 Å². The third kappa shape index (κ3) is 5.15. The molecule has 6 heteroatoms. The van der Waals surface area contributed by atoms with Gasteiger partial charge in [0.2, 0.25) is 5.88 Å². The molecule has 2 heterocycles. The quantitative estimate of drug-likeness (QED) is 0.359. The number of fused-ring (bicyclic) bond motifs is 1. The van der Waals surface area contributed by atoms with Crippen molar-refractivity contribution in [3.05, 3.63) is 59.2 Å². The minimum atomic E-state index is 0. The van der Waals surface area contributed by atoms with E-state index in [4.69, 9.17) is 14.5 Å². The van der Waals surface area contributed by atoms with Gasteiger partial charge in [0.05, 0.1) is 12.6 Å². The van der Waals surface area contributed by atoms with Crippen molar-refractivity contribution in [1.29, 1.82) is 0 Å². The van der Waals surface area contributed by atoms with Crippen molar-refractivity contribution >= 4 is 16.8 Å². The average molecular weight is 613 g/mol. The molecule has 1 aliphatic heterocycles. The minimum absolute atomic E-state index is 0. The van der Waals surface area contributed by atoms with Gasteiger partial charge in [0, 0.05) is 38.3 Å². The van der Waals surface area contributed by atoms with Crippen LogP contribution < -0.4 is 4.74 Å². The zero-order valence-corrected chi connectivity index (χ0v) is 21.6. The molecule has 4 rings (SSSR count). The maximum Gasteiger partial charge on any atom is 0.217 e. The SMILES string of the molecule is Cc1cc(O)c2nc(Oc3[c-]c(C4=N[C@@H](C(C)(C)C)CO4)cc(C(C)C)c3)ccc2c1.[Pt].